The van der Waals surface area contributed by atoms with Crippen molar-refractivity contribution in [1.29, 1.82) is 0 Å². The van der Waals surface area contributed by atoms with Crippen molar-refractivity contribution in [3.63, 3.8) is 0 Å². The maximum absolute atomic E-state index is 14.1. The topological polar surface area (TPSA) is 245 Å². The van der Waals surface area contributed by atoms with Gasteiger partial charge in [0.15, 0.2) is 5.82 Å². The number of hydrogen-bond donors (Lipinski definition) is 7. The molecule has 1 aliphatic heterocycles. The van der Waals surface area contributed by atoms with Crippen molar-refractivity contribution >= 4 is 74.9 Å². The van der Waals surface area contributed by atoms with Gasteiger partial charge in [0, 0.05) is 66.4 Å². The highest BCUT2D eigenvalue weighted by Crippen LogP contribution is 2.34. The standard InChI is InChI=1S/C55H58F3N11O7S/c1-31-10-18-39(23-42(31)55(56,57)58)63-47(73)29-68-27-37(26-61-68)36-17-21-41-43(22-36)66-67-50(41)65-51(74)35-15-19-38(20-16-35)62-45(71)8-6-7-9-46(72)64-49(54(3,4)5)53(76)69-28-40(70)24-44(69)52(75)59-25-33-11-13-34(14-12-33)48-32(2)60-30-77-48/h10-23,26-27,30,40,44,49,70H,6-9,24-25,28-29H2,1-5H3,(H,59,75)(H,62,71)(H,63,73)(H,64,72)(H2,65,66,67,74). The highest BCUT2D eigenvalue weighted by atomic mass is 32.1. The van der Waals surface area contributed by atoms with Gasteiger partial charge in [-0.25, -0.2) is 4.98 Å². The number of β-amino-alcohol motifs (C(OH)–C–C–N with tert-alkyl or cyclic N) is 1. The Morgan fingerprint density at radius 2 is 1.51 bits per heavy atom. The molecule has 3 aromatic heterocycles. The van der Waals surface area contributed by atoms with Crippen LogP contribution in [-0.2, 0) is 43.2 Å². The van der Waals surface area contributed by atoms with E-state index >= 15 is 0 Å². The molecule has 3 unspecified atom stereocenters. The number of nitrogens with zero attached hydrogens (tertiary/aromatic N) is 5. The van der Waals surface area contributed by atoms with Crippen LogP contribution in [0.15, 0.2) is 103 Å². The lowest BCUT2D eigenvalue weighted by Gasteiger charge is -2.35. The largest absolute Gasteiger partial charge is 0.416 e. The summed E-state index contributed by atoms with van der Waals surface area (Å²) in [5.74, 6) is -2.29. The van der Waals surface area contributed by atoms with Crippen LogP contribution in [0.1, 0.15) is 85.6 Å². The summed E-state index contributed by atoms with van der Waals surface area (Å²) in [5.41, 5.74) is 5.85. The number of aromatic nitrogens is 5. The van der Waals surface area contributed by atoms with Gasteiger partial charge in [-0.15, -0.1) is 11.3 Å². The predicted molar refractivity (Wildman–Crippen MR) is 285 cm³/mol. The van der Waals surface area contributed by atoms with Crippen molar-refractivity contribution in [2.24, 2.45) is 5.41 Å². The van der Waals surface area contributed by atoms with Crippen LogP contribution in [0.2, 0.25) is 0 Å². The maximum atomic E-state index is 14.1. The van der Waals surface area contributed by atoms with E-state index in [-0.39, 0.29) is 67.8 Å². The lowest BCUT2D eigenvalue weighted by atomic mass is 9.85. The minimum atomic E-state index is -4.56. The van der Waals surface area contributed by atoms with Crippen LogP contribution in [0.5, 0.6) is 0 Å². The molecule has 22 heteroatoms. The van der Waals surface area contributed by atoms with Crippen LogP contribution in [0, 0.1) is 19.3 Å². The Balaban J connectivity index is 0.762. The van der Waals surface area contributed by atoms with Gasteiger partial charge < -0.3 is 36.6 Å². The molecule has 0 aliphatic carbocycles. The van der Waals surface area contributed by atoms with Gasteiger partial charge in [-0.1, -0.05) is 57.2 Å². The van der Waals surface area contributed by atoms with Crippen LogP contribution in [0.3, 0.4) is 0 Å². The number of amides is 6. The van der Waals surface area contributed by atoms with E-state index < -0.39 is 59.0 Å². The number of fused-ring (bicyclic) bond motifs is 1. The van der Waals surface area contributed by atoms with E-state index in [9.17, 15) is 47.0 Å². The molecular weight excluding hydrogens is 1020 g/mol. The van der Waals surface area contributed by atoms with Gasteiger partial charge in [-0.2, -0.15) is 23.4 Å². The Labute approximate surface area is 445 Å². The van der Waals surface area contributed by atoms with E-state index in [1.807, 2.05) is 52.0 Å². The molecule has 18 nitrogen and oxygen atoms in total. The number of carbonyl (C=O) groups excluding carboxylic acids is 6. The Morgan fingerprint density at radius 1 is 0.818 bits per heavy atom. The van der Waals surface area contributed by atoms with Gasteiger partial charge in [-0.05, 0) is 103 Å². The second kappa shape index (κ2) is 23.3. The van der Waals surface area contributed by atoms with E-state index in [1.54, 1.807) is 71.7 Å². The van der Waals surface area contributed by atoms with E-state index in [0.29, 0.717) is 40.6 Å². The summed E-state index contributed by atoms with van der Waals surface area (Å²) in [5, 5.41) is 36.5. The van der Waals surface area contributed by atoms with Crippen LogP contribution >= 0.6 is 11.3 Å². The van der Waals surface area contributed by atoms with Crippen LogP contribution in [0.25, 0.3) is 32.5 Å². The molecule has 7 N–H and O–H groups in total. The highest BCUT2D eigenvalue weighted by Gasteiger charge is 2.44. The van der Waals surface area contributed by atoms with Gasteiger partial charge in [-0.3, -0.25) is 38.5 Å². The van der Waals surface area contributed by atoms with Gasteiger partial charge >= 0.3 is 6.18 Å². The van der Waals surface area contributed by atoms with Gasteiger partial charge in [0.25, 0.3) is 5.91 Å². The van der Waals surface area contributed by atoms with Gasteiger partial charge in [0.1, 0.15) is 18.6 Å². The molecule has 0 spiro atoms. The zero-order valence-electron chi connectivity index (χ0n) is 42.9. The SMILES string of the molecule is Cc1ccc(NC(=O)Cn2cc(-c3ccc4c(NC(=O)c5ccc(NC(=O)CCCCC(=O)NC(C(=O)N6CC(O)CC6C(=O)NCc6ccc(-c7scnc7C)cc6)C(C)(C)C)cc5)n[nH]c4c3)cn2)cc1C(F)(F)F. The molecule has 1 saturated heterocycles. The lowest BCUT2D eigenvalue weighted by Crippen LogP contribution is -2.57. The summed E-state index contributed by atoms with van der Waals surface area (Å²) in [4.78, 5) is 86.3. The summed E-state index contributed by atoms with van der Waals surface area (Å²) in [7, 11) is 0. The monoisotopic (exact) mass is 1070 g/mol. The average molecular weight is 1070 g/mol. The number of carbonyl (C=O) groups is 6. The molecule has 0 saturated carbocycles. The quantitative estimate of drug-likeness (QED) is 0.0405. The molecule has 3 atom stereocenters. The number of unbranched alkanes of at least 4 members (excludes halogenated alkanes) is 1. The van der Waals surface area contributed by atoms with Gasteiger partial charge in [0.2, 0.25) is 29.5 Å². The third-order valence-corrected chi connectivity index (χ3v) is 14.1. The zero-order valence-corrected chi connectivity index (χ0v) is 43.7. The minimum Gasteiger partial charge on any atom is -0.391 e. The number of aliphatic hydroxyl groups is 1. The second-order valence-corrected chi connectivity index (χ2v) is 20.9. The fraction of sp³-hybridized carbons (Fsp3) is 0.327. The van der Waals surface area contributed by atoms with Crippen LogP contribution in [-0.4, -0.2) is 95.1 Å². The van der Waals surface area contributed by atoms with E-state index in [1.165, 1.54) is 28.6 Å². The molecular formula is C55H58F3N11O7S. The minimum absolute atomic E-state index is 0.0162. The van der Waals surface area contributed by atoms with Crippen molar-refractivity contribution in [2.75, 3.05) is 22.5 Å². The summed E-state index contributed by atoms with van der Waals surface area (Å²) in [6, 6.07) is 21.1. The summed E-state index contributed by atoms with van der Waals surface area (Å²) >= 11 is 1.55. The third kappa shape index (κ3) is 13.8. The molecule has 0 bridgehead atoms. The molecule has 6 amide bonds. The first-order valence-corrected chi connectivity index (χ1v) is 25.7. The maximum Gasteiger partial charge on any atom is 0.416 e. The number of nitrogens with one attached hydrogen (secondary N) is 6. The fourth-order valence-electron chi connectivity index (χ4n) is 8.94. The number of hydrogen-bond acceptors (Lipinski definition) is 11. The van der Waals surface area contributed by atoms with Crippen LogP contribution in [0.4, 0.5) is 30.4 Å². The first kappa shape index (κ1) is 55.0. The molecule has 4 heterocycles. The Morgan fingerprint density at radius 3 is 2.19 bits per heavy atom. The number of benzene rings is 4. The molecule has 7 aromatic rings. The number of thiazole rings is 1. The molecule has 402 valence electrons. The molecule has 8 rings (SSSR count). The van der Waals surface area contributed by atoms with Crippen molar-refractivity contribution in [3.05, 3.63) is 131 Å². The molecule has 4 aromatic carbocycles. The molecule has 1 fully saturated rings. The van der Waals surface area contributed by atoms with E-state index in [0.717, 1.165) is 33.3 Å². The normalized spacial score (nSPS) is 15.0. The number of H-pyrrole nitrogens is 1. The second-order valence-electron chi connectivity index (χ2n) is 20.1. The van der Waals surface area contributed by atoms with E-state index in [4.69, 9.17) is 0 Å². The predicted octanol–water partition coefficient (Wildman–Crippen LogP) is 8.38. The van der Waals surface area contributed by atoms with Crippen molar-refractivity contribution in [1.82, 2.24) is 40.5 Å². The summed E-state index contributed by atoms with van der Waals surface area (Å²) in [6.45, 7) is 8.66. The molecule has 77 heavy (non-hydrogen) atoms. The number of alkyl halides is 3. The first-order valence-electron chi connectivity index (χ1n) is 24.8. The number of likely N-dealkylation sites (tertiary alicyclic amines) is 1. The smallest absolute Gasteiger partial charge is 0.391 e. The Hall–Kier alpha value is -8.24. The zero-order chi connectivity index (χ0) is 55.2. The Bertz CT molecular complexity index is 3310. The third-order valence-electron chi connectivity index (χ3n) is 13.1. The number of aryl methyl sites for hydroxylation is 2. The summed E-state index contributed by atoms with van der Waals surface area (Å²) < 4.78 is 41.4. The average Bonchev–Trinajstić information content (AvgIpc) is 4.25. The molecule has 1 aliphatic rings. The number of aromatic amines is 1. The summed E-state index contributed by atoms with van der Waals surface area (Å²) in [6.07, 6.45) is -1.35. The Kier molecular flexibility index (Phi) is 16.7. The number of anilines is 3. The highest BCUT2D eigenvalue weighted by molar-refractivity contribution is 7.13. The fourth-order valence-corrected chi connectivity index (χ4v) is 9.75. The van der Waals surface area contributed by atoms with Crippen molar-refractivity contribution < 1.29 is 47.0 Å². The number of aliphatic hydroxyl groups excluding tert-OH is 1. The first-order chi connectivity index (χ1) is 36.6. The number of rotatable bonds is 18. The van der Waals surface area contributed by atoms with E-state index in [2.05, 4.69) is 46.9 Å². The van der Waals surface area contributed by atoms with Crippen molar-refractivity contribution in [3.8, 4) is 21.6 Å². The number of halogens is 3. The molecule has 0 radical (unpaired) electrons. The van der Waals surface area contributed by atoms with Crippen molar-refractivity contribution in [2.45, 2.75) is 104 Å². The van der Waals surface area contributed by atoms with Crippen LogP contribution < -0.4 is 26.6 Å². The lowest BCUT2D eigenvalue weighted by molar-refractivity contribution is -0.144. The van der Waals surface area contributed by atoms with Gasteiger partial charge in [0.05, 0.1) is 39.5 Å².